The molecule has 2 heterocycles. The highest BCUT2D eigenvalue weighted by atomic mass is 32.1. The van der Waals surface area contributed by atoms with E-state index >= 15 is 0 Å². The Bertz CT molecular complexity index is 801. The van der Waals surface area contributed by atoms with Gasteiger partial charge in [0.2, 0.25) is 0 Å². The van der Waals surface area contributed by atoms with E-state index in [1.807, 2.05) is 24.3 Å². The molecule has 1 aromatic carbocycles. The molecular weight excluding hydrogens is 304 g/mol. The van der Waals surface area contributed by atoms with E-state index in [-0.39, 0.29) is 6.42 Å². The van der Waals surface area contributed by atoms with Crippen LogP contribution in [0.2, 0.25) is 0 Å². The Labute approximate surface area is 129 Å². The summed E-state index contributed by atoms with van der Waals surface area (Å²) in [4.78, 5) is 23.7. The summed E-state index contributed by atoms with van der Waals surface area (Å²) in [5.74, 6) is -1.70. The molecule has 1 unspecified atom stereocenters. The molecule has 106 valence electrons. The van der Waals surface area contributed by atoms with Gasteiger partial charge in [-0.1, -0.05) is 12.1 Å². The molecule has 0 bridgehead atoms. The van der Waals surface area contributed by atoms with Gasteiger partial charge in [0.25, 0.3) is 0 Å². The van der Waals surface area contributed by atoms with Crippen LogP contribution >= 0.6 is 22.7 Å². The van der Waals surface area contributed by atoms with Crippen molar-refractivity contribution in [2.24, 2.45) is 0 Å². The van der Waals surface area contributed by atoms with E-state index in [0.29, 0.717) is 6.29 Å². The quantitative estimate of drug-likeness (QED) is 0.710. The minimum atomic E-state index is -0.954. The fourth-order valence-electron chi connectivity index (χ4n) is 2.33. The van der Waals surface area contributed by atoms with E-state index in [1.165, 1.54) is 21.4 Å². The van der Waals surface area contributed by atoms with Crippen molar-refractivity contribution in [3.63, 3.8) is 0 Å². The zero-order chi connectivity index (χ0) is 14.8. The summed E-state index contributed by atoms with van der Waals surface area (Å²) >= 11 is 3.13. The first-order valence-electron chi connectivity index (χ1n) is 6.43. The lowest BCUT2D eigenvalue weighted by molar-refractivity contribution is -0.139. The van der Waals surface area contributed by atoms with Crippen LogP contribution < -0.4 is 0 Å². The Morgan fingerprint density at radius 3 is 2.86 bits per heavy atom. The highest BCUT2D eigenvalue weighted by Crippen LogP contribution is 2.38. The van der Waals surface area contributed by atoms with Crippen LogP contribution in [-0.4, -0.2) is 17.4 Å². The smallest absolute Gasteiger partial charge is 0.312 e. The summed E-state index contributed by atoms with van der Waals surface area (Å²) in [6.45, 7) is 0. The number of carboxylic acids is 1. The number of rotatable bonds is 5. The Balaban J connectivity index is 2.03. The highest BCUT2D eigenvalue weighted by molar-refractivity contribution is 7.18. The molecule has 0 aliphatic heterocycles. The number of thiophene rings is 2. The third-order valence-corrected chi connectivity index (χ3v) is 5.48. The van der Waals surface area contributed by atoms with Gasteiger partial charge in [-0.15, -0.1) is 22.7 Å². The number of aldehydes is 1. The first-order valence-corrected chi connectivity index (χ1v) is 8.13. The predicted octanol–water partition coefficient (Wildman–Crippen LogP) is 4.39. The molecule has 0 spiro atoms. The maximum absolute atomic E-state index is 11.3. The third kappa shape index (κ3) is 2.62. The molecule has 1 atom stereocenters. The fraction of sp³-hybridized carbons (Fsp3) is 0.125. The molecule has 0 saturated carbocycles. The van der Waals surface area contributed by atoms with Gasteiger partial charge in [-0.25, -0.2) is 0 Å². The average Bonchev–Trinajstić information content (AvgIpc) is 3.12. The maximum Gasteiger partial charge on any atom is 0.312 e. The van der Waals surface area contributed by atoms with Crippen LogP contribution in [0.15, 0.2) is 41.8 Å². The van der Waals surface area contributed by atoms with Gasteiger partial charge < -0.3 is 9.90 Å². The summed E-state index contributed by atoms with van der Waals surface area (Å²) in [5.41, 5.74) is 1.11. The lowest BCUT2D eigenvalue weighted by Crippen LogP contribution is -2.10. The molecule has 3 rings (SSSR count). The van der Waals surface area contributed by atoms with Crippen molar-refractivity contribution in [3.8, 4) is 10.4 Å². The standard InChI is InChI=1S/C16H12O3S2/c17-8-6-12(16(18)19)15-5-4-14(21-15)10-2-1-3-13-11(10)7-9-20-13/h1-5,7-9,12H,6H2,(H,18,19). The van der Waals surface area contributed by atoms with E-state index in [9.17, 15) is 14.7 Å². The number of carbonyl (C=O) groups excluding carboxylic acids is 1. The molecule has 3 nitrogen and oxygen atoms in total. The second kappa shape index (κ2) is 5.79. The van der Waals surface area contributed by atoms with Crippen LogP contribution in [0.3, 0.4) is 0 Å². The summed E-state index contributed by atoms with van der Waals surface area (Å²) in [6, 6.07) is 12.0. The van der Waals surface area contributed by atoms with Gasteiger partial charge in [0, 0.05) is 31.8 Å². The van der Waals surface area contributed by atoms with E-state index in [0.717, 1.165) is 15.3 Å². The van der Waals surface area contributed by atoms with Crippen molar-refractivity contribution < 1.29 is 14.7 Å². The second-order valence-electron chi connectivity index (χ2n) is 4.63. The highest BCUT2D eigenvalue weighted by Gasteiger charge is 2.21. The van der Waals surface area contributed by atoms with E-state index in [1.54, 1.807) is 11.3 Å². The SMILES string of the molecule is O=CCC(C(=O)O)c1ccc(-c2cccc3sccc23)s1. The summed E-state index contributed by atoms with van der Waals surface area (Å²) in [7, 11) is 0. The first kappa shape index (κ1) is 14.0. The largest absolute Gasteiger partial charge is 0.481 e. The molecule has 21 heavy (non-hydrogen) atoms. The Hall–Kier alpha value is -1.98. The molecule has 0 aliphatic carbocycles. The fourth-order valence-corrected chi connectivity index (χ4v) is 4.29. The average molecular weight is 316 g/mol. The molecule has 1 N–H and O–H groups in total. The number of aliphatic carboxylic acids is 1. The van der Waals surface area contributed by atoms with Crippen LogP contribution in [0.5, 0.6) is 0 Å². The number of carboxylic acid groups (broad SMARTS) is 1. The van der Waals surface area contributed by atoms with Gasteiger partial charge in [0.15, 0.2) is 0 Å². The summed E-state index contributed by atoms with van der Waals surface area (Å²) in [5, 5.41) is 12.5. The van der Waals surface area contributed by atoms with Crippen LogP contribution in [-0.2, 0) is 9.59 Å². The molecular formula is C16H12O3S2. The zero-order valence-electron chi connectivity index (χ0n) is 11.0. The summed E-state index contributed by atoms with van der Waals surface area (Å²) in [6.07, 6.45) is 0.676. The normalized spacial score (nSPS) is 12.4. The molecule has 0 radical (unpaired) electrons. The van der Waals surface area contributed by atoms with Crippen molar-refractivity contribution in [2.45, 2.75) is 12.3 Å². The van der Waals surface area contributed by atoms with E-state index in [4.69, 9.17) is 0 Å². The molecule has 0 fully saturated rings. The number of hydrogen-bond donors (Lipinski definition) is 1. The Morgan fingerprint density at radius 2 is 2.10 bits per heavy atom. The van der Waals surface area contributed by atoms with Gasteiger partial charge in [0.1, 0.15) is 6.29 Å². The molecule has 0 aliphatic rings. The lowest BCUT2D eigenvalue weighted by atomic mass is 10.0. The van der Waals surface area contributed by atoms with Gasteiger partial charge in [-0.2, -0.15) is 0 Å². The Kier molecular flexibility index (Phi) is 3.86. The van der Waals surface area contributed by atoms with Crippen LogP contribution in [0.25, 0.3) is 20.5 Å². The molecule has 3 aromatic rings. The van der Waals surface area contributed by atoms with E-state index in [2.05, 4.69) is 17.5 Å². The molecule has 0 amide bonds. The number of fused-ring (bicyclic) bond motifs is 1. The minimum Gasteiger partial charge on any atom is -0.481 e. The van der Waals surface area contributed by atoms with Crippen molar-refractivity contribution in [2.75, 3.05) is 0 Å². The lowest BCUT2D eigenvalue weighted by Gasteiger charge is -2.05. The molecule has 0 saturated heterocycles. The van der Waals surface area contributed by atoms with Crippen molar-refractivity contribution in [3.05, 3.63) is 46.7 Å². The molecule has 5 heteroatoms. The van der Waals surface area contributed by atoms with Crippen LogP contribution in [0.1, 0.15) is 17.2 Å². The zero-order valence-corrected chi connectivity index (χ0v) is 12.6. The number of benzene rings is 1. The first-order chi connectivity index (χ1) is 10.2. The number of hydrogen-bond acceptors (Lipinski definition) is 4. The Morgan fingerprint density at radius 1 is 1.24 bits per heavy atom. The predicted molar refractivity (Wildman–Crippen MR) is 86.2 cm³/mol. The van der Waals surface area contributed by atoms with Gasteiger partial charge in [-0.05, 0) is 29.6 Å². The van der Waals surface area contributed by atoms with Crippen molar-refractivity contribution in [1.29, 1.82) is 0 Å². The van der Waals surface area contributed by atoms with Crippen LogP contribution in [0, 0.1) is 0 Å². The monoisotopic (exact) mass is 316 g/mol. The third-order valence-electron chi connectivity index (χ3n) is 3.36. The van der Waals surface area contributed by atoms with Crippen molar-refractivity contribution >= 4 is 45.0 Å². The van der Waals surface area contributed by atoms with Crippen molar-refractivity contribution in [1.82, 2.24) is 0 Å². The topological polar surface area (TPSA) is 54.4 Å². The minimum absolute atomic E-state index is 0.0118. The summed E-state index contributed by atoms with van der Waals surface area (Å²) < 4.78 is 1.21. The number of carbonyl (C=O) groups is 2. The van der Waals surface area contributed by atoms with Crippen LogP contribution in [0.4, 0.5) is 0 Å². The van der Waals surface area contributed by atoms with Gasteiger partial charge in [0.05, 0.1) is 5.92 Å². The van der Waals surface area contributed by atoms with E-state index < -0.39 is 11.9 Å². The second-order valence-corrected chi connectivity index (χ2v) is 6.70. The molecule has 2 aromatic heterocycles. The maximum atomic E-state index is 11.3. The van der Waals surface area contributed by atoms with Gasteiger partial charge >= 0.3 is 5.97 Å². The van der Waals surface area contributed by atoms with Gasteiger partial charge in [-0.3, -0.25) is 4.79 Å².